The summed E-state index contributed by atoms with van der Waals surface area (Å²) in [7, 11) is 1.16. The Morgan fingerprint density at radius 2 is 0.551 bits per heavy atom. The number of nitrogens with zero attached hydrogens (tertiary/aromatic N) is 1. The van der Waals surface area contributed by atoms with Gasteiger partial charge in [0.25, 0.3) is 7.82 Å². The molecule has 98 heavy (non-hydrogen) atoms. The second-order valence-corrected chi connectivity index (χ2v) is 29.4. The molecular formula is C88H152NO8P. The minimum Gasteiger partial charge on any atom is -0.756 e. The van der Waals surface area contributed by atoms with Crippen LogP contribution in [0.5, 0.6) is 0 Å². The van der Waals surface area contributed by atoms with E-state index >= 15 is 0 Å². The Labute approximate surface area is 605 Å². The number of hydrogen-bond donors (Lipinski definition) is 0. The summed E-state index contributed by atoms with van der Waals surface area (Å²) in [6, 6.07) is 0. The van der Waals surface area contributed by atoms with Gasteiger partial charge in [-0.25, -0.2) is 0 Å². The molecule has 0 heterocycles. The third-order valence-corrected chi connectivity index (χ3v) is 18.3. The molecule has 0 aliphatic heterocycles. The Hall–Kier alpha value is -4.11. The normalized spacial score (nSPS) is 13.8. The van der Waals surface area contributed by atoms with E-state index in [0.29, 0.717) is 17.4 Å². The second-order valence-electron chi connectivity index (χ2n) is 28.0. The molecule has 0 saturated carbocycles. The maximum Gasteiger partial charge on any atom is 0.306 e. The van der Waals surface area contributed by atoms with Crippen LogP contribution in [0.4, 0.5) is 0 Å². The summed E-state index contributed by atoms with van der Waals surface area (Å²) >= 11 is 0. The lowest BCUT2D eigenvalue weighted by atomic mass is 10.0. The number of hydrogen-bond acceptors (Lipinski definition) is 8. The number of carbonyl (C=O) groups is 2. The van der Waals surface area contributed by atoms with E-state index in [9.17, 15) is 19.0 Å². The molecule has 0 aliphatic carbocycles. The van der Waals surface area contributed by atoms with Crippen molar-refractivity contribution >= 4 is 19.8 Å². The van der Waals surface area contributed by atoms with Crippen molar-refractivity contribution in [1.82, 2.24) is 0 Å². The Morgan fingerprint density at radius 3 is 0.816 bits per heavy atom. The molecule has 0 rings (SSSR count). The lowest BCUT2D eigenvalue weighted by Gasteiger charge is -2.28. The number of phosphoric ester groups is 1. The topological polar surface area (TPSA) is 111 Å². The van der Waals surface area contributed by atoms with Gasteiger partial charge in [0.1, 0.15) is 19.8 Å². The minimum absolute atomic E-state index is 0.0371. The molecule has 0 radical (unpaired) electrons. The molecule has 0 amide bonds. The van der Waals surface area contributed by atoms with Crippen LogP contribution >= 0.6 is 7.82 Å². The van der Waals surface area contributed by atoms with Crippen molar-refractivity contribution in [1.29, 1.82) is 0 Å². The summed E-state index contributed by atoms with van der Waals surface area (Å²) in [4.78, 5) is 38.2. The summed E-state index contributed by atoms with van der Waals surface area (Å²) in [5, 5.41) is 0. The fraction of sp³-hybridized carbons (Fsp3) is 0.705. The lowest BCUT2D eigenvalue weighted by molar-refractivity contribution is -0.870. The molecule has 0 aromatic carbocycles. The molecule has 0 N–H and O–H groups in total. The van der Waals surface area contributed by atoms with Gasteiger partial charge < -0.3 is 27.9 Å². The van der Waals surface area contributed by atoms with Crippen molar-refractivity contribution < 1.29 is 42.1 Å². The number of esters is 2. The predicted molar refractivity (Wildman–Crippen MR) is 424 cm³/mol. The van der Waals surface area contributed by atoms with E-state index in [1.54, 1.807) is 0 Å². The summed E-state index contributed by atoms with van der Waals surface area (Å²) in [6.07, 6.45) is 114. The predicted octanol–water partition coefficient (Wildman–Crippen LogP) is 26.6. The van der Waals surface area contributed by atoms with Crippen LogP contribution in [-0.4, -0.2) is 70.0 Å². The van der Waals surface area contributed by atoms with E-state index in [1.807, 2.05) is 21.1 Å². The first-order valence-corrected chi connectivity index (χ1v) is 42.0. The molecule has 0 spiro atoms. The van der Waals surface area contributed by atoms with Crippen LogP contribution in [0.1, 0.15) is 348 Å². The van der Waals surface area contributed by atoms with E-state index in [1.165, 1.54) is 193 Å². The van der Waals surface area contributed by atoms with Crippen molar-refractivity contribution in [2.45, 2.75) is 354 Å². The molecule has 9 nitrogen and oxygen atoms in total. The van der Waals surface area contributed by atoms with Gasteiger partial charge in [0.15, 0.2) is 6.10 Å². The number of carbonyl (C=O) groups excluding carboxylic acids is 2. The van der Waals surface area contributed by atoms with E-state index < -0.39 is 26.5 Å². The van der Waals surface area contributed by atoms with Gasteiger partial charge in [-0.3, -0.25) is 14.2 Å². The average molecular weight is 1380 g/mol. The SMILES string of the molecule is CC/C=C\C/C=C\C/C=C\C/C=C\C/C=C\C/C=C\C/C=C\C/C=C\CCCCCCCCCCC(=O)OC(COC(=O)CCCCCCCCCCCCCCCCCCCCCCCCCCCCCC/C=C\C/C=C\C/C=C\C/C=C\CC)COP(=O)([O-])OCC[N+](C)(C)C. The van der Waals surface area contributed by atoms with Crippen LogP contribution in [-0.2, 0) is 32.7 Å². The van der Waals surface area contributed by atoms with Crippen molar-refractivity contribution in [2.75, 3.05) is 47.5 Å². The van der Waals surface area contributed by atoms with Crippen LogP contribution in [0.3, 0.4) is 0 Å². The lowest BCUT2D eigenvalue weighted by Crippen LogP contribution is -2.37. The summed E-state index contributed by atoms with van der Waals surface area (Å²) < 4.78 is 34.4. The maximum absolute atomic E-state index is 12.9. The van der Waals surface area contributed by atoms with Crippen LogP contribution in [0.15, 0.2) is 146 Å². The first kappa shape index (κ1) is 93.9. The van der Waals surface area contributed by atoms with Gasteiger partial charge in [0.2, 0.25) is 0 Å². The Balaban J connectivity index is 3.96. The number of likely N-dealkylation sites (N-methyl/N-ethyl adjacent to an activating group) is 1. The van der Waals surface area contributed by atoms with Crippen molar-refractivity contribution in [3.63, 3.8) is 0 Å². The van der Waals surface area contributed by atoms with Gasteiger partial charge in [-0.15, -0.1) is 0 Å². The fourth-order valence-electron chi connectivity index (χ4n) is 11.3. The third-order valence-electron chi connectivity index (χ3n) is 17.4. The molecule has 0 fully saturated rings. The van der Waals surface area contributed by atoms with E-state index in [-0.39, 0.29) is 32.0 Å². The van der Waals surface area contributed by atoms with E-state index in [0.717, 1.165) is 122 Å². The molecule has 0 bridgehead atoms. The first-order valence-electron chi connectivity index (χ1n) is 40.5. The molecule has 0 aromatic rings. The molecule has 562 valence electrons. The van der Waals surface area contributed by atoms with E-state index in [4.69, 9.17) is 18.5 Å². The highest BCUT2D eigenvalue weighted by Crippen LogP contribution is 2.38. The third kappa shape index (κ3) is 80.9. The average Bonchev–Trinajstić information content (AvgIpc) is 1.08. The monoisotopic (exact) mass is 1380 g/mol. The zero-order valence-electron chi connectivity index (χ0n) is 64.2. The van der Waals surface area contributed by atoms with Gasteiger partial charge in [-0.05, 0) is 116 Å². The fourth-order valence-corrected chi connectivity index (χ4v) is 12.0. The Morgan fingerprint density at radius 1 is 0.316 bits per heavy atom. The highest BCUT2D eigenvalue weighted by molar-refractivity contribution is 7.45. The number of unbranched alkanes of at least 4 members (excludes halogenated alkanes) is 36. The maximum atomic E-state index is 12.9. The zero-order chi connectivity index (χ0) is 71.1. The summed E-state index contributed by atoms with van der Waals surface area (Å²) in [6.45, 7) is 4.03. The molecule has 2 unspecified atom stereocenters. The van der Waals surface area contributed by atoms with Crippen molar-refractivity contribution in [2.24, 2.45) is 0 Å². The summed E-state index contributed by atoms with van der Waals surface area (Å²) in [5.41, 5.74) is 0. The van der Waals surface area contributed by atoms with Crippen LogP contribution in [0, 0.1) is 0 Å². The Bertz CT molecular complexity index is 2170. The number of allylic oxidation sites excluding steroid dienone is 24. The molecular weight excluding hydrogens is 1230 g/mol. The molecule has 0 aliphatic rings. The van der Waals surface area contributed by atoms with Crippen LogP contribution in [0.25, 0.3) is 0 Å². The molecule has 0 saturated heterocycles. The molecule has 10 heteroatoms. The number of ether oxygens (including phenoxy) is 2. The van der Waals surface area contributed by atoms with Gasteiger partial charge in [0.05, 0.1) is 27.7 Å². The van der Waals surface area contributed by atoms with Gasteiger partial charge >= 0.3 is 11.9 Å². The van der Waals surface area contributed by atoms with Gasteiger partial charge in [-0.2, -0.15) is 0 Å². The quantitative estimate of drug-likeness (QED) is 0.0195. The first-order chi connectivity index (χ1) is 48.0. The summed E-state index contributed by atoms with van der Waals surface area (Å²) in [5.74, 6) is -0.837. The van der Waals surface area contributed by atoms with E-state index in [2.05, 4.69) is 160 Å². The zero-order valence-corrected chi connectivity index (χ0v) is 65.1. The number of phosphoric acid groups is 1. The van der Waals surface area contributed by atoms with Crippen molar-refractivity contribution in [3.05, 3.63) is 146 Å². The largest absolute Gasteiger partial charge is 0.756 e. The second kappa shape index (κ2) is 77.1. The minimum atomic E-state index is -4.66. The number of rotatable bonds is 74. The number of quaternary nitrogens is 1. The standard InChI is InChI=1S/C88H152NO8P/c1-6-8-10-12-14-16-18-20-22-24-26-28-30-32-34-36-38-40-41-42-43-44-45-46-47-49-50-52-54-56-58-60-62-64-66-68-70-72-74-76-78-80-87(90)94-84-86(85-96-98(92,93)95-83-82-89(3,4)5)97-88(91)81-79-77-75-73-71-69-67-65-63-61-59-57-55-53-51-48-39-37-35-33-31-29-27-25-23-21-19-17-15-13-11-9-7-2/h8-11,14-17,20-23,26-29,33,35,39,48,53,55,59,61,86H,6-7,12-13,18-19,24-25,30-32,34,36-38,40-47,49-52,54,56-58,60,62-85H2,1-5H3/b10-8-,11-9-,16-14-,17-15-,22-20-,23-21-,28-26-,29-27-,35-33-,48-39-,55-53-,61-59-. The van der Waals surface area contributed by atoms with Gasteiger partial charge in [0, 0.05) is 12.8 Å². The highest BCUT2D eigenvalue weighted by atomic mass is 31.2. The van der Waals surface area contributed by atoms with Crippen molar-refractivity contribution in [3.8, 4) is 0 Å². The smallest absolute Gasteiger partial charge is 0.306 e. The van der Waals surface area contributed by atoms with Crippen LogP contribution in [0.2, 0.25) is 0 Å². The molecule has 2 atom stereocenters. The van der Waals surface area contributed by atoms with Crippen LogP contribution < -0.4 is 4.89 Å². The Kier molecular flexibility index (Phi) is 73.8. The van der Waals surface area contributed by atoms with Gasteiger partial charge in [-0.1, -0.05) is 365 Å². The highest BCUT2D eigenvalue weighted by Gasteiger charge is 2.22. The molecule has 0 aromatic heterocycles.